The van der Waals surface area contributed by atoms with Crippen LogP contribution in [0.2, 0.25) is 0 Å². The molecule has 0 spiro atoms. The SMILES string of the molecule is CCOC(=O)C1(c2ccc(-c3ccc(-c4onc(C)c4Cc4cccc(Oc5ccccc5)c4)cc3)cc2)CC1. The van der Waals surface area contributed by atoms with Crippen molar-refractivity contribution in [3.8, 4) is 33.9 Å². The van der Waals surface area contributed by atoms with Gasteiger partial charge in [0.2, 0.25) is 0 Å². The van der Waals surface area contributed by atoms with Crippen molar-refractivity contribution in [2.24, 2.45) is 0 Å². The lowest BCUT2D eigenvalue weighted by Crippen LogP contribution is -2.23. The molecule has 40 heavy (non-hydrogen) atoms. The summed E-state index contributed by atoms with van der Waals surface area (Å²) in [6, 6.07) is 34.5. The molecule has 1 fully saturated rings. The lowest BCUT2D eigenvalue weighted by molar-refractivity contribution is -0.146. The Morgan fingerprint density at radius 2 is 1.48 bits per heavy atom. The predicted molar refractivity (Wildman–Crippen MR) is 155 cm³/mol. The minimum absolute atomic E-state index is 0.110. The molecule has 1 saturated carbocycles. The van der Waals surface area contributed by atoms with Crippen LogP contribution < -0.4 is 4.74 Å². The fourth-order valence-electron chi connectivity index (χ4n) is 5.17. The molecular formula is C35H31NO4. The highest BCUT2D eigenvalue weighted by Gasteiger charge is 2.52. The summed E-state index contributed by atoms with van der Waals surface area (Å²) in [7, 11) is 0. The third-order valence-corrected chi connectivity index (χ3v) is 7.58. The number of aromatic nitrogens is 1. The first kappa shape index (κ1) is 25.6. The van der Waals surface area contributed by atoms with Crippen LogP contribution in [0.3, 0.4) is 0 Å². The quantitative estimate of drug-likeness (QED) is 0.180. The van der Waals surface area contributed by atoms with Gasteiger partial charge in [-0.05, 0) is 73.2 Å². The maximum Gasteiger partial charge on any atom is 0.316 e. The van der Waals surface area contributed by atoms with Crippen LogP contribution in [-0.4, -0.2) is 17.7 Å². The standard InChI is InChI=1S/C35H31NO4/c1-3-38-34(37)35(20-21-35)29-18-16-27(17-19-29)26-12-14-28(15-13-26)33-32(24(2)36-40-33)23-25-8-7-11-31(22-25)39-30-9-5-4-6-10-30/h4-19,22H,3,20-21,23H2,1-2H3. The second-order valence-electron chi connectivity index (χ2n) is 10.3. The fraction of sp³-hybridized carbons (Fsp3) is 0.200. The van der Waals surface area contributed by atoms with Gasteiger partial charge in [0.25, 0.3) is 0 Å². The van der Waals surface area contributed by atoms with Crippen LogP contribution in [0.1, 0.15) is 42.1 Å². The topological polar surface area (TPSA) is 61.6 Å². The predicted octanol–water partition coefficient (Wildman–Crippen LogP) is 8.29. The Balaban J connectivity index is 1.19. The number of benzene rings is 4. The van der Waals surface area contributed by atoms with Gasteiger partial charge in [0, 0.05) is 17.5 Å². The highest BCUT2D eigenvalue weighted by Crippen LogP contribution is 2.49. The number of ether oxygens (including phenoxy) is 2. The Labute approximate surface area is 234 Å². The molecule has 0 aliphatic heterocycles. The summed E-state index contributed by atoms with van der Waals surface area (Å²) >= 11 is 0. The number of hydrogen-bond donors (Lipinski definition) is 0. The van der Waals surface area contributed by atoms with E-state index < -0.39 is 5.41 Å². The van der Waals surface area contributed by atoms with E-state index in [1.54, 1.807) is 0 Å². The molecule has 0 bridgehead atoms. The van der Waals surface area contributed by atoms with Crippen LogP contribution >= 0.6 is 0 Å². The first-order chi connectivity index (χ1) is 19.6. The van der Waals surface area contributed by atoms with Crippen molar-refractivity contribution in [1.29, 1.82) is 0 Å². The molecule has 4 aromatic carbocycles. The molecule has 0 N–H and O–H groups in total. The van der Waals surface area contributed by atoms with Gasteiger partial charge in [0.1, 0.15) is 11.5 Å². The van der Waals surface area contributed by atoms with Crippen molar-refractivity contribution in [2.45, 2.75) is 38.5 Å². The van der Waals surface area contributed by atoms with Crippen molar-refractivity contribution in [3.05, 3.63) is 126 Å². The van der Waals surface area contributed by atoms with Gasteiger partial charge < -0.3 is 14.0 Å². The Bertz CT molecular complexity index is 1610. The second kappa shape index (κ2) is 10.9. The molecule has 5 aromatic rings. The molecule has 5 heteroatoms. The summed E-state index contributed by atoms with van der Waals surface area (Å²) < 4.78 is 17.1. The van der Waals surface area contributed by atoms with Gasteiger partial charge in [0.15, 0.2) is 5.76 Å². The van der Waals surface area contributed by atoms with Gasteiger partial charge >= 0.3 is 5.97 Å². The Morgan fingerprint density at radius 1 is 0.825 bits per heavy atom. The zero-order chi connectivity index (χ0) is 27.5. The number of esters is 1. The molecule has 0 unspecified atom stereocenters. The number of carbonyl (C=O) groups is 1. The zero-order valence-electron chi connectivity index (χ0n) is 22.7. The van der Waals surface area contributed by atoms with Gasteiger partial charge in [-0.25, -0.2) is 0 Å². The van der Waals surface area contributed by atoms with Crippen molar-refractivity contribution >= 4 is 5.97 Å². The maximum atomic E-state index is 12.4. The second-order valence-corrected chi connectivity index (χ2v) is 10.3. The maximum absolute atomic E-state index is 12.4. The van der Waals surface area contributed by atoms with Crippen LogP contribution in [0, 0.1) is 6.92 Å². The minimum atomic E-state index is -0.452. The largest absolute Gasteiger partial charge is 0.465 e. The van der Waals surface area contributed by atoms with E-state index >= 15 is 0 Å². The Kier molecular flexibility index (Phi) is 6.95. The number of hydrogen-bond acceptors (Lipinski definition) is 5. The molecule has 1 heterocycles. The summed E-state index contributed by atoms with van der Waals surface area (Å²) in [4.78, 5) is 12.4. The van der Waals surface area contributed by atoms with Gasteiger partial charge in [0.05, 0.1) is 17.7 Å². The van der Waals surface area contributed by atoms with Crippen LogP contribution in [-0.2, 0) is 21.4 Å². The summed E-state index contributed by atoms with van der Waals surface area (Å²) in [5.41, 5.74) is 6.81. The summed E-state index contributed by atoms with van der Waals surface area (Å²) in [6.45, 7) is 4.24. The van der Waals surface area contributed by atoms with Crippen LogP contribution in [0.25, 0.3) is 22.5 Å². The minimum Gasteiger partial charge on any atom is -0.465 e. The normalized spacial score (nSPS) is 13.6. The first-order valence-electron chi connectivity index (χ1n) is 13.7. The van der Waals surface area contributed by atoms with Gasteiger partial charge in [-0.1, -0.05) is 84.0 Å². The number of aryl methyl sites for hydroxylation is 1. The molecule has 200 valence electrons. The van der Waals surface area contributed by atoms with Crippen molar-refractivity contribution in [3.63, 3.8) is 0 Å². The van der Waals surface area contributed by atoms with Crippen molar-refractivity contribution in [2.75, 3.05) is 6.61 Å². The molecule has 5 nitrogen and oxygen atoms in total. The average molecular weight is 530 g/mol. The van der Waals surface area contributed by atoms with Crippen LogP contribution in [0.4, 0.5) is 0 Å². The molecular weight excluding hydrogens is 498 g/mol. The summed E-state index contributed by atoms with van der Waals surface area (Å²) in [5, 5.41) is 4.28. The molecule has 6 rings (SSSR count). The Morgan fingerprint density at radius 3 is 2.15 bits per heavy atom. The Hall–Kier alpha value is -4.64. The van der Waals surface area contributed by atoms with E-state index in [1.807, 2.05) is 56.3 Å². The van der Waals surface area contributed by atoms with Crippen molar-refractivity contribution in [1.82, 2.24) is 5.16 Å². The molecule has 0 radical (unpaired) electrons. The van der Waals surface area contributed by atoms with E-state index in [-0.39, 0.29) is 5.97 Å². The van der Waals surface area contributed by atoms with Gasteiger partial charge in [-0.3, -0.25) is 4.79 Å². The summed E-state index contributed by atoms with van der Waals surface area (Å²) in [6.07, 6.45) is 2.38. The average Bonchev–Trinajstić information content (AvgIpc) is 3.73. The third-order valence-electron chi connectivity index (χ3n) is 7.58. The van der Waals surface area contributed by atoms with E-state index in [2.05, 4.69) is 65.8 Å². The highest BCUT2D eigenvalue weighted by atomic mass is 16.5. The number of para-hydroxylation sites is 1. The van der Waals surface area contributed by atoms with E-state index in [9.17, 15) is 4.79 Å². The first-order valence-corrected chi connectivity index (χ1v) is 13.7. The lowest BCUT2D eigenvalue weighted by atomic mass is 9.93. The molecule has 0 amide bonds. The molecule has 0 atom stereocenters. The monoisotopic (exact) mass is 529 g/mol. The van der Waals surface area contributed by atoms with Crippen molar-refractivity contribution < 1.29 is 18.8 Å². The lowest BCUT2D eigenvalue weighted by Gasteiger charge is -2.14. The summed E-state index contributed by atoms with van der Waals surface area (Å²) in [5.74, 6) is 2.27. The van der Waals surface area contributed by atoms with Crippen LogP contribution in [0.15, 0.2) is 108 Å². The number of nitrogens with zero attached hydrogens (tertiary/aromatic N) is 1. The van der Waals surface area contributed by atoms with Gasteiger partial charge in [-0.2, -0.15) is 0 Å². The zero-order valence-corrected chi connectivity index (χ0v) is 22.7. The van der Waals surface area contributed by atoms with E-state index in [0.29, 0.717) is 13.0 Å². The molecule has 1 aliphatic carbocycles. The molecule has 1 aromatic heterocycles. The van der Waals surface area contributed by atoms with E-state index in [1.165, 1.54) is 0 Å². The smallest absolute Gasteiger partial charge is 0.316 e. The molecule has 0 saturated heterocycles. The fourth-order valence-corrected chi connectivity index (χ4v) is 5.17. The number of carbonyl (C=O) groups excluding carboxylic acids is 1. The van der Waals surface area contributed by atoms with E-state index in [4.69, 9.17) is 14.0 Å². The van der Waals surface area contributed by atoms with Gasteiger partial charge in [-0.15, -0.1) is 0 Å². The third kappa shape index (κ3) is 5.15. The van der Waals surface area contributed by atoms with Crippen LogP contribution in [0.5, 0.6) is 11.5 Å². The highest BCUT2D eigenvalue weighted by molar-refractivity contribution is 5.87. The number of rotatable bonds is 9. The van der Waals surface area contributed by atoms with E-state index in [0.717, 1.165) is 69.2 Å². The molecule has 1 aliphatic rings.